The van der Waals surface area contributed by atoms with E-state index in [2.05, 4.69) is 41.9 Å². The summed E-state index contributed by atoms with van der Waals surface area (Å²) in [5.41, 5.74) is 1.48. The molecule has 0 spiro atoms. The molecule has 174 valence electrons. The molecule has 0 saturated heterocycles. The third-order valence-corrected chi connectivity index (χ3v) is 6.87. The van der Waals surface area contributed by atoms with Crippen LogP contribution in [0.2, 0.25) is 5.02 Å². The van der Waals surface area contributed by atoms with Gasteiger partial charge in [0.05, 0.1) is 24.2 Å². The molecule has 6 nitrogen and oxygen atoms in total. The highest BCUT2D eigenvalue weighted by Crippen LogP contribution is 2.42. The Morgan fingerprint density at radius 2 is 2.00 bits per heavy atom. The Bertz CT molecular complexity index is 1490. The van der Waals surface area contributed by atoms with Gasteiger partial charge in [-0.05, 0) is 64.8 Å². The zero-order chi connectivity index (χ0) is 24.4. The molecular weight excluding hydrogens is 593 g/mol. The van der Waals surface area contributed by atoms with E-state index >= 15 is 0 Å². The minimum atomic E-state index is -0.354. The van der Waals surface area contributed by atoms with Gasteiger partial charge in [0.25, 0.3) is 5.56 Å². The number of aryl methyl sites for hydroxylation is 1. The summed E-state index contributed by atoms with van der Waals surface area (Å²) < 4.78 is 27.2. The first kappa shape index (κ1) is 24.4. The largest absolute Gasteiger partial charge is 0.493 e. The molecule has 0 saturated carbocycles. The summed E-state index contributed by atoms with van der Waals surface area (Å²) >= 11 is 13.4. The van der Waals surface area contributed by atoms with E-state index < -0.39 is 0 Å². The number of methoxy groups -OCH3 is 1. The van der Waals surface area contributed by atoms with E-state index in [1.54, 1.807) is 37.3 Å². The maximum atomic E-state index is 13.5. The zero-order valence-electron chi connectivity index (χ0n) is 18.0. The van der Waals surface area contributed by atoms with Gasteiger partial charge in [-0.15, -0.1) is 0 Å². The first-order valence-electron chi connectivity index (χ1n) is 9.95. The van der Waals surface area contributed by atoms with Gasteiger partial charge < -0.3 is 9.47 Å². The highest BCUT2D eigenvalue weighted by molar-refractivity contribution is 9.10. The van der Waals surface area contributed by atoms with Crippen LogP contribution in [0.4, 0.5) is 4.39 Å². The lowest BCUT2D eigenvalue weighted by Crippen LogP contribution is -2.20. The fourth-order valence-corrected chi connectivity index (χ4v) is 4.30. The maximum Gasteiger partial charge on any atom is 0.282 e. The summed E-state index contributed by atoms with van der Waals surface area (Å²) in [5.74, 6) is 0.729. The number of aromatic nitrogens is 2. The molecule has 0 amide bonds. The van der Waals surface area contributed by atoms with Crippen LogP contribution in [0.25, 0.3) is 10.9 Å². The van der Waals surface area contributed by atoms with Gasteiger partial charge in [0, 0.05) is 14.5 Å². The van der Waals surface area contributed by atoms with Gasteiger partial charge in [-0.1, -0.05) is 39.7 Å². The lowest BCUT2D eigenvalue weighted by molar-refractivity contribution is 0.284. The number of halogens is 4. The van der Waals surface area contributed by atoms with Crippen molar-refractivity contribution in [3.8, 4) is 11.5 Å². The van der Waals surface area contributed by atoms with E-state index in [0.29, 0.717) is 43.8 Å². The molecule has 10 heteroatoms. The molecule has 0 aliphatic heterocycles. The predicted molar refractivity (Wildman–Crippen MR) is 138 cm³/mol. The summed E-state index contributed by atoms with van der Waals surface area (Å²) in [6.07, 6.45) is 1.48. The molecular formula is C24H17Br2ClFN3O3. The van der Waals surface area contributed by atoms with Crippen molar-refractivity contribution in [3.05, 3.63) is 95.6 Å². The van der Waals surface area contributed by atoms with Crippen LogP contribution >= 0.6 is 43.5 Å². The van der Waals surface area contributed by atoms with Gasteiger partial charge >= 0.3 is 0 Å². The van der Waals surface area contributed by atoms with Crippen molar-refractivity contribution in [1.82, 2.24) is 9.66 Å². The van der Waals surface area contributed by atoms with Crippen LogP contribution in [0.3, 0.4) is 0 Å². The van der Waals surface area contributed by atoms with E-state index in [9.17, 15) is 9.18 Å². The van der Waals surface area contributed by atoms with Gasteiger partial charge in [0.2, 0.25) is 0 Å². The fraction of sp³-hybridized carbons (Fsp3) is 0.125. The standard InChI is InChI=1S/C24H17Br2ClFN3O3/c1-13-30-19-7-6-16(25)10-18(19)24(32)31(13)29-11-15-9-20(33-2)23(22(27)21(15)26)34-12-14-4-3-5-17(28)8-14/h3-11H,12H2,1-2H3. The topological polar surface area (TPSA) is 65.7 Å². The van der Waals surface area contributed by atoms with Crippen molar-refractivity contribution in [2.45, 2.75) is 13.5 Å². The Morgan fingerprint density at radius 1 is 1.21 bits per heavy atom. The van der Waals surface area contributed by atoms with Gasteiger partial charge in [-0.2, -0.15) is 9.78 Å². The van der Waals surface area contributed by atoms with Gasteiger partial charge in [0.1, 0.15) is 23.3 Å². The zero-order valence-corrected chi connectivity index (χ0v) is 21.9. The lowest BCUT2D eigenvalue weighted by Gasteiger charge is -2.15. The quantitative estimate of drug-likeness (QED) is 0.235. The summed E-state index contributed by atoms with van der Waals surface area (Å²) in [6.45, 7) is 1.80. The van der Waals surface area contributed by atoms with Gasteiger partial charge in [-0.3, -0.25) is 4.79 Å². The van der Waals surface area contributed by atoms with Crippen LogP contribution < -0.4 is 15.0 Å². The number of ether oxygens (including phenoxy) is 2. The van der Waals surface area contributed by atoms with Gasteiger partial charge in [0.15, 0.2) is 11.5 Å². The smallest absolute Gasteiger partial charge is 0.282 e. The predicted octanol–water partition coefficient (Wildman–Crippen LogP) is 6.49. The second kappa shape index (κ2) is 10.2. The molecule has 0 N–H and O–H groups in total. The number of nitrogens with zero attached hydrogens (tertiary/aromatic N) is 3. The third-order valence-electron chi connectivity index (χ3n) is 4.93. The van der Waals surface area contributed by atoms with Crippen molar-refractivity contribution in [2.24, 2.45) is 5.10 Å². The third kappa shape index (κ3) is 5.01. The van der Waals surface area contributed by atoms with Crippen LogP contribution in [0.15, 0.2) is 67.4 Å². The summed E-state index contributed by atoms with van der Waals surface area (Å²) in [6, 6.07) is 13.1. The van der Waals surface area contributed by atoms with Crippen molar-refractivity contribution >= 4 is 60.6 Å². The second-order valence-electron chi connectivity index (χ2n) is 7.23. The average molecular weight is 610 g/mol. The molecule has 3 aromatic carbocycles. The summed E-state index contributed by atoms with van der Waals surface area (Å²) in [5, 5.41) is 5.03. The van der Waals surface area contributed by atoms with Crippen molar-refractivity contribution in [3.63, 3.8) is 0 Å². The van der Waals surface area contributed by atoms with E-state index in [1.165, 1.54) is 30.1 Å². The van der Waals surface area contributed by atoms with E-state index in [1.807, 2.05) is 6.07 Å². The monoisotopic (exact) mass is 607 g/mol. The van der Waals surface area contributed by atoms with E-state index in [0.717, 1.165) is 4.47 Å². The first-order valence-corrected chi connectivity index (χ1v) is 11.9. The highest BCUT2D eigenvalue weighted by Gasteiger charge is 2.17. The molecule has 0 radical (unpaired) electrons. The Labute approximate surface area is 216 Å². The normalized spacial score (nSPS) is 11.4. The van der Waals surface area contributed by atoms with Crippen LogP contribution in [-0.4, -0.2) is 23.0 Å². The molecule has 0 bridgehead atoms. The van der Waals surface area contributed by atoms with E-state index in [-0.39, 0.29) is 23.0 Å². The Morgan fingerprint density at radius 3 is 2.74 bits per heavy atom. The van der Waals surface area contributed by atoms with Crippen molar-refractivity contribution in [2.75, 3.05) is 7.11 Å². The Hall–Kier alpha value is -2.75. The minimum Gasteiger partial charge on any atom is -0.493 e. The average Bonchev–Trinajstić information content (AvgIpc) is 2.81. The van der Waals surface area contributed by atoms with E-state index in [4.69, 9.17) is 21.1 Å². The highest BCUT2D eigenvalue weighted by atomic mass is 79.9. The molecule has 0 fully saturated rings. The molecule has 0 atom stereocenters. The van der Waals surface area contributed by atoms with Gasteiger partial charge in [-0.25, -0.2) is 9.37 Å². The van der Waals surface area contributed by atoms with Crippen LogP contribution in [0, 0.1) is 12.7 Å². The SMILES string of the molecule is COc1cc(C=Nn2c(C)nc3ccc(Br)cc3c2=O)c(Br)c(Cl)c1OCc1cccc(F)c1. The number of benzene rings is 3. The molecule has 1 heterocycles. The number of hydrogen-bond acceptors (Lipinski definition) is 5. The molecule has 0 unspecified atom stereocenters. The molecule has 4 rings (SSSR count). The number of rotatable bonds is 6. The molecule has 34 heavy (non-hydrogen) atoms. The molecule has 1 aromatic heterocycles. The summed E-state index contributed by atoms with van der Waals surface area (Å²) in [4.78, 5) is 17.4. The second-order valence-corrected chi connectivity index (χ2v) is 9.31. The fourth-order valence-electron chi connectivity index (χ4n) is 3.28. The van der Waals surface area contributed by atoms with Crippen LogP contribution in [0.1, 0.15) is 17.0 Å². The molecule has 4 aromatic rings. The Balaban J connectivity index is 1.69. The van der Waals surface area contributed by atoms with Crippen molar-refractivity contribution < 1.29 is 13.9 Å². The first-order chi connectivity index (χ1) is 16.3. The minimum absolute atomic E-state index is 0.0978. The Kier molecular flexibility index (Phi) is 7.35. The van der Waals surface area contributed by atoms with Crippen LogP contribution in [-0.2, 0) is 6.61 Å². The maximum absolute atomic E-state index is 13.5. The number of hydrogen-bond donors (Lipinski definition) is 0. The number of fused-ring (bicyclic) bond motifs is 1. The lowest BCUT2D eigenvalue weighted by atomic mass is 10.2. The van der Waals surface area contributed by atoms with Crippen molar-refractivity contribution in [1.29, 1.82) is 0 Å². The summed E-state index contributed by atoms with van der Waals surface area (Å²) in [7, 11) is 1.48. The van der Waals surface area contributed by atoms with Crippen LogP contribution in [0.5, 0.6) is 11.5 Å². The molecule has 0 aliphatic rings. The molecule has 0 aliphatic carbocycles.